The summed E-state index contributed by atoms with van der Waals surface area (Å²) < 4.78 is 0. The van der Waals surface area contributed by atoms with Gasteiger partial charge in [-0.15, -0.1) is 0 Å². The minimum atomic E-state index is 0.822. The number of hydrogen-bond donors (Lipinski definition) is 0. The third-order valence-electron chi connectivity index (χ3n) is 17.5. The summed E-state index contributed by atoms with van der Waals surface area (Å²) in [6.45, 7) is 9.25. The molecule has 0 aromatic heterocycles. The summed E-state index contributed by atoms with van der Waals surface area (Å²) in [5.41, 5.74) is 0. The largest absolute Gasteiger partial charge is 0.306 e. The first kappa shape index (κ1) is 65.9. The second-order valence-corrected chi connectivity index (χ2v) is 24.5. The predicted molar refractivity (Wildman–Crippen MR) is 312 cm³/mol. The van der Waals surface area contributed by atoms with Crippen LogP contribution in [0.4, 0.5) is 0 Å². The lowest BCUT2D eigenvalue weighted by molar-refractivity contribution is 0.251. The minimum Gasteiger partial charge on any atom is -0.306 e. The molecule has 0 saturated heterocycles. The molecule has 0 bridgehead atoms. The van der Waals surface area contributed by atoms with E-state index in [1.807, 2.05) is 0 Å². The number of unbranched alkanes of at least 4 members (excludes halogenated alkanes) is 36. The minimum absolute atomic E-state index is 0.822. The topological polar surface area (TPSA) is 6.48 Å². The number of hydrogen-bond acceptors (Lipinski definition) is 2. The average Bonchev–Trinajstić information content (AvgIpc) is 4.27. The van der Waals surface area contributed by atoms with Gasteiger partial charge in [-0.05, 0) is 90.4 Å². The van der Waals surface area contributed by atoms with Crippen LogP contribution in [0.3, 0.4) is 0 Å². The van der Waals surface area contributed by atoms with Gasteiger partial charge in [0, 0.05) is 12.1 Å². The number of rotatable bonds is 54. The Bertz CT molecular complexity index is 959. The SMILES string of the molecule is CCCCCCCCCC(CCCCCCCCCCC[C@H]1C[C@H]1CCCCCCCC)N(C)C.CCCCCCCCCC(CCCCCCCCC[C@H]1C[C@H]1CCCCCCCC)N(C)C. The zero-order valence-electron chi connectivity index (χ0n) is 49.1. The van der Waals surface area contributed by atoms with Gasteiger partial charge in [-0.3, -0.25) is 0 Å². The Balaban J connectivity index is 0.000000681. The van der Waals surface area contributed by atoms with Gasteiger partial charge in [0.15, 0.2) is 0 Å². The Labute approximate surface area is 433 Å². The molecule has 2 aliphatic rings. The molecule has 6 atom stereocenters. The fraction of sp³-hybridized carbons (Fsp3) is 1.00. The highest BCUT2D eigenvalue weighted by atomic mass is 15.1. The van der Waals surface area contributed by atoms with Crippen LogP contribution in [0.2, 0.25) is 0 Å². The van der Waals surface area contributed by atoms with Crippen molar-refractivity contribution in [2.45, 2.75) is 374 Å². The predicted octanol–water partition coefficient (Wildman–Crippen LogP) is 22.7. The van der Waals surface area contributed by atoms with E-state index in [1.54, 1.807) is 38.5 Å². The summed E-state index contributed by atoms with van der Waals surface area (Å²) in [5, 5.41) is 0. The zero-order valence-corrected chi connectivity index (χ0v) is 49.1. The van der Waals surface area contributed by atoms with Gasteiger partial charge < -0.3 is 9.80 Å². The lowest BCUT2D eigenvalue weighted by Crippen LogP contribution is -2.27. The van der Waals surface area contributed by atoms with Crippen molar-refractivity contribution in [3.05, 3.63) is 0 Å². The van der Waals surface area contributed by atoms with E-state index < -0.39 is 0 Å². The fourth-order valence-corrected chi connectivity index (χ4v) is 12.1. The molecule has 0 radical (unpaired) electrons. The maximum Gasteiger partial charge on any atom is 0.00891 e. The van der Waals surface area contributed by atoms with Crippen LogP contribution in [0.5, 0.6) is 0 Å². The van der Waals surface area contributed by atoms with Gasteiger partial charge in [0.05, 0.1) is 0 Å². The zero-order chi connectivity index (χ0) is 49.4. The summed E-state index contributed by atoms with van der Waals surface area (Å²) in [4.78, 5) is 4.99. The molecule has 2 nitrogen and oxygen atoms in total. The van der Waals surface area contributed by atoms with Crippen LogP contribution in [0.15, 0.2) is 0 Å². The first-order chi connectivity index (χ1) is 33.4. The molecule has 0 spiro atoms. The molecule has 2 fully saturated rings. The molecule has 0 aliphatic heterocycles. The molecule has 2 rings (SSSR count). The molecule has 2 heteroatoms. The third-order valence-corrected chi connectivity index (χ3v) is 17.5. The highest BCUT2D eigenvalue weighted by Gasteiger charge is 2.35. The summed E-state index contributed by atoms with van der Waals surface area (Å²) >= 11 is 0. The lowest BCUT2D eigenvalue weighted by atomic mass is 9.99. The highest BCUT2D eigenvalue weighted by Crippen LogP contribution is 2.46. The molecule has 2 saturated carbocycles. The molecule has 0 aromatic rings. The average molecular weight is 956 g/mol. The van der Waals surface area contributed by atoms with Gasteiger partial charge in [-0.25, -0.2) is 0 Å². The summed E-state index contributed by atoms with van der Waals surface area (Å²) in [5.74, 6) is 4.51. The van der Waals surface area contributed by atoms with E-state index in [2.05, 4.69) is 65.7 Å². The molecule has 0 N–H and O–H groups in total. The van der Waals surface area contributed by atoms with Crippen LogP contribution in [0, 0.1) is 23.7 Å². The molecule has 0 heterocycles. The van der Waals surface area contributed by atoms with E-state index in [1.165, 1.54) is 295 Å². The van der Waals surface area contributed by atoms with E-state index in [9.17, 15) is 0 Å². The van der Waals surface area contributed by atoms with E-state index in [-0.39, 0.29) is 0 Å². The summed E-state index contributed by atoms with van der Waals surface area (Å²) in [6.07, 6.45) is 76.4. The van der Waals surface area contributed by atoms with Crippen LogP contribution in [0.1, 0.15) is 362 Å². The van der Waals surface area contributed by atoms with Crippen LogP contribution in [-0.2, 0) is 0 Å². The van der Waals surface area contributed by atoms with Gasteiger partial charge in [0.25, 0.3) is 0 Å². The Morgan fingerprint density at radius 2 is 0.397 bits per heavy atom. The first-order valence-electron chi connectivity index (χ1n) is 32.7. The molecule has 68 heavy (non-hydrogen) atoms. The molecular weight excluding hydrogens is 821 g/mol. The normalized spacial score (nSPS) is 18.6. The van der Waals surface area contributed by atoms with Crippen LogP contribution >= 0.6 is 0 Å². The molecular formula is C66H134N2. The Morgan fingerprint density at radius 3 is 0.574 bits per heavy atom. The van der Waals surface area contributed by atoms with E-state index in [4.69, 9.17) is 0 Å². The Hall–Kier alpha value is -0.0800. The maximum atomic E-state index is 2.50. The van der Waals surface area contributed by atoms with Gasteiger partial charge in [0.1, 0.15) is 0 Å². The second-order valence-electron chi connectivity index (χ2n) is 24.5. The van der Waals surface area contributed by atoms with Crippen LogP contribution in [0.25, 0.3) is 0 Å². The molecule has 2 unspecified atom stereocenters. The second kappa shape index (κ2) is 50.5. The van der Waals surface area contributed by atoms with Crippen molar-refractivity contribution in [2.24, 2.45) is 23.7 Å². The van der Waals surface area contributed by atoms with Crippen molar-refractivity contribution in [1.29, 1.82) is 0 Å². The molecule has 2 aliphatic carbocycles. The first-order valence-corrected chi connectivity index (χ1v) is 32.7. The standard InChI is InChI=1S/C34H69N.C32H65N/c1-5-7-9-11-16-21-25-29-34(35(3)4)30-26-22-18-15-13-14-17-20-24-28-33-31-32(33)27-23-19-12-10-8-6-2;1-5-7-9-11-14-19-23-27-32(33(3)4)28-24-20-16-13-15-18-22-26-31-29-30(31)25-21-17-12-10-8-6-2/h32-34H,5-31H2,1-4H3;30-32H,5-29H2,1-4H3/t32-,33+,34?;30-,31+,32?/m11/s1. The highest BCUT2D eigenvalue weighted by molar-refractivity contribution is 4.86. The lowest BCUT2D eigenvalue weighted by Gasteiger charge is -2.24. The monoisotopic (exact) mass is 955 g/mol. The Kier molecular flexibility index (Phi) is 48.9. The van der Waals surface area contributed by atoms with Crippen molar-refractivity contribution in [2.75, 3.05) is 28.2 Å². The van der Waals surface area contributed by atoms with E-state index >= 15 is 0 Å². The van der Waals surface area contributed by atoms with Crippen molar-refractivity contribution >= 4 is 0 Å². The van der Waals surface area contributed by atoms with Crippen molar-refractivity contribution < 1.29 is 0 Å². The van der Waals surface area contributed by atoms with Crippen molar-refractivity contribution in [3.8, 4) is 0 Å². The van der Waals surface area contributed by atoms with Gasteiger partial charge in [-0.1, -0.05) is 323 Å². The van der Waals surface area contributed by atoms with Gasteiger partial charge in [0.2, 0.25) is 0 Å². The summed E-state index contributed by atoms with van der Waals surface area (Å²) in [7, 11) is 9.18. The van der Waals surface area contributed by atoms with Crippen LogP contribution in [-0.4, -0.2) is 50.1 Å². The third kappa shape index (κ3) is 43.5. The number of nitrogens with zero attached hydrogens (tertiary/aromatic N) is 2. The Morgan fingerprint density at radius 1 is 0.235 bits per heavy atom. The summed E-state index contributed by atoms with van der Waals surface area (Å²) in [6, 6.07) is 1.64. The van der Waals surface area contributed by atoms with E-state index in [0.717, 1.165) is 35.8 Å². The molecule has 0 amide bonds. The maximum absolute atomic E-state index is 2.50. The smallest absolute Gasteiger partial charge is 0.00891 e. The van der Waals surface area contributed by atoms with Crippen molar-refractivity contribution in [3.63, 3.8) is 0 Å². The van der Waals surface area contributed by atoms with Crippen molar-refractivity contribution in [1.82, 2.24) is 9.80 Å². The van der Waals surface area contributed by atoms with Crippen LogP contribution < -0.4 is 0 Å². The molecule has 408 valence electrons. The van der Waals surface area contributed by atoms with Gasteiger partial charge >= 0.3 is 0 Å². The quantitative estimate of drug-likeness (QED) is 0.0561. The van der Waals surface area contributed by atoms with E-state index in [0.29, 0.717) is 0 Å². The molecule has 0 aromatic carbocycles. The van der Waals surface area contributed by atoms with Gasteiger partial charge in [-0.2, -0.15) is 0 Å². The fourth-order valence-electron chi connectivity index (χ4n) is 12.1.